The van der Waals surface area contributed by atoms with Crippen molar-refractivity contribution in [3.05, 3.63) is 91.9 Å². The molecule has 4 rings (SSSR count). The first-order valence-electron chi connectivity index (χ1n) is 10.9. The third-order valence-corrected chi connectivity index (χ3v) is 6.50. The highest BCUT2D eigenvalue weighted by atomic mass is 79.9. The molecule has 0 spiro atoms. The molecule has 0 unspecified atom stereocenters. The maximum Gasteiger partial charge on any atom is 0.262 e. The molecule has 2 N–H and O–H groups in total. The second-order valence-corrected chi connectivity index (χ2v) is 9.92. The molecule has 1 aliphatic carbocycles. The van der Waals surface area contributed by atoms with Crippen LogP contribution >= 0.6 is 39.1 Å². The maximum atomic E-state index is 12.7. The van der Waals surface area contributed by atoms with Crippen molar-refractivity contribution in [3.8, 4) is 5.75 Å². The summed E-state index contributed by atoms with van der Waals surface area (Å²) in [6.07, 6.45) is 2.27. The first-order chi connectivity index (χ1) is 16.8. The monoisotopic (exact) mass is 574 g/mol. The van der Waals surface area contributed by atoms with Gasteiger partial charge in [0.05, 0.1) is 0 Å². The first kappa shape index (κ1) is 25.2. The largest absolute Gasteiger partial charge is 0.484 e. The Morgan fingerprint density at radius 2 is 1.66 bits per heavy atom. The van der Waals surface area contributed by atoms with Gasteiger partial charge in [0, 0.05) is 43.4 Å². The van der Waals surface area contributed by atoms with E-state index in [2.05, 4.69) is 26.6 Å². The van der Waals surface area contributed by atoms with Crippen molar-refractivity contribution in [1.29, 1.82) is 0 Å². The smallest absolute Gasteiger partial charge is 0.262 e. The van der Waals surface area contributed by atoms with Gasteiger partial charge in [-0.1, -0.05) is 39.1 Å². The van der Waals surface area contributed by atoms with Crippen LogP contribution < -0.4 is 15.4 Å². The zero-order valence-corrected chi connectivity index (χ0v) is 21.5. The molecule has 3 aromatic carbocycles. The number of amides is 2. The number of carbonyl (C=O) groups is 3. The van der Waals surface area contributed by atoms with Crippen LogP contribution in [0.4, 0.5) is 5.69 Å². The van der Waals surface area contributed by atoms with Crippen molar-refractivity contribution in [1.82, 2.24) is 5.32 Å². The van der Waals surface area contributed by atoms with E-state index in [0.29, 0.717) is 55.1 Å². The van der Waals surface area contributed by atoms with Crippen molar-refractivity contribution in [2.75, 3.05) is 18.5 Å². The minimum atomic E-state index is -0.417. The lowest BCUT2D eigenvalue weighted by Gasteiger charge is -2.11. The summed E-state index contributed by atoms with van der Waals surface area (Å²) in [6, 6.07) is 16.2. The van der Waals surface area contributed by atoms with Gasteiger partial charge in [-0.2, -0.15) is 0 Å². The van der Waals surface area contributed by atoms with Gasteiger partial charge in [0.15, 0.2) is 12.4 Å². The third-order valence-electron chi connectivity index (χ3n) is 5.35. The van der Waals surface area contributed by atoms with Crippen LogP contribution in [-0.4, -0.2) is 30.7 Å². The van der Waals surface area contributed by atoms with Gasteiger partial charge >= 0.3 is 0 Å². The van der Waals surface area contributed by atoms with E-state index < -0.39 is 5.91 Å². The topological polar surface area (TPSA) is 84.5 Å². The van der Waals surface area contributed by atoms with Crippen molar-refractivity contribution >= 4 is 62.4 Å². The van der Waals surface area contributed by atoms with E-state index in [1.165, 1.54) is 0 Å². The number of anilines is 1. The molecule has 1 fully saturated rings. The summed E-state index contributed by atoms with van der Waals surface area (Å²) < 4.78 is 6.18. The zero-order chi connectivity index (χ0) is 24.9. The molecule has 180 valence electrons. The van der Waals surface area contributed by atoms with E-state index >= 15 is 0 Å². The molecule has 3 aromatic rings. The van der Waals surface area contributed by atoms with Gasteiger partial charge in [-0.3, -0.25) is 14.4 Å². The second kappa shape index (κ2) is 11.2. The van der Waals surface area contributed by atoms with Crippen LogP contribution in [0.1, 0.15) is 39.1 Å². The fourth-order valence-electron chi connectivity index (χ4n) is 3.33. The molecule has 0 radical (unpaired) electrons. The lowest BCUT2D eigenvalue weighted by Crippen LogP contribution is -2.26. The SMILES string of the molecule is O=C(COc1ccc(C(=O)c2cc(Cl)ccc2Br)cc1)Nc1cc(Cl)cc(C(=O)NCC2CC2)c1. The molecule has 0 aromatic heterocycles. The number of ether oxygens (including phenoxy) is 1. The molecule has 0 saturated heterocycles. The summed E-state index contributed by atoms with van der Waals surface area (Å²) in [5.74, 6) is 0.139. The van der Waals surface area contributed by atoms with Crippen LogP contribution in [-0.2, 0) is 4.79 Å². The number of hydrogen-bond donors (Lipinski definition) is 2. The molecule has 2 amide bonds. The molecule has 1 aliphatic rings. The summed E-state index contributed by atoms with van der Waals surface area (Å²) in [7, 11) is 0. The van der Waals surface area contributed by atoms with Gasteiger partial charge in [-0.25, -0.2) is 0 Å². The molecule has 1 saturated carbocycles. The van der Waals surface area contributed by atoms with Crippen LogP contribution in [0.2, 0.25) is 10.0 Å². The van der Waals surface area contributed by atoms with E-state index in [4.69, 9.17) is 27.9 Å². The van der Waals surface area contributed by atoms with Crippen LogP contribution in [0.3, 0.4) is 0 Å². The molecule has 0 aliphatic heterocycles. The predicted octanol–water partition coefficient (Wildman–Crippen LogP) is 6.14. The van der Waals surface area contributed by atoms with Crippen LogP contribution in [0.15, 0.2) is 65.1 Å². The van der Waals surface area contributed by atoms with Crippen LogP contribution in [0.5, 0.6) is 5.75 Å². The van der Waals surface area contributed by atoms with Gasteiger partial charge in [0.2, 0.25) is 0 Å². The molecular formula is C26H21BrCl2N2O4. The summed E-state index contributed by atoms with van der Waals surface area (Å²) in [6.45, 7) is 0.379. The summed E-state index contributed by atoms with van der Waals surface area (Å²) in [5, 5.41) is 6.37. The van der Waals surface area contributed by atoms with Crippen LogP contribution in [0, 0.1) is 5.92 Å². The highest BCUT2D eigenvalue weighted by Crippen LogP contribution is 2.28. The van der Waals surface area contributed by atoms with Crippen molar-refractivity contribution in [2.45, 2.75) is 12.8 Å². The van der Waals surface area contributed by atoms with Crippen LogP contribution in [0.25, 0.3) is 0 Å². The Labute approximate surface area is 221 Å². The number of ketones is 1. The van der Waals surface area contributed by atoms with E-state index in [-0.39, 0.29) is 18.3 Å². The first-order valence-corrected chi connectivity index (χ1v) is 12.4. The Kier molecular flexibility index (Phi) is 8.11. The number of hydrogen-bond acceptors (Lipinski definition) is 4. The number of halogens is 3. The maximum absolute atomic E-state index is 12.7. The minimum Gasteiger partial charge on any atom is -0.484 e. The zero-order valence-electron chi connectivity index (χ0n) is 18.4. The Morgan fingerprint density at radius 3 is 2.37 bits per heavy atom. The molecule has 6 nitrogen and oxygen atoms in total. The highest BCUT2D eigenvalue weighted by Gasteiger charge is 2.22. The Balaban J connectivity index is 1.32. The number of benzene rings is 3. The standard InChI is InChI=1S/C26H21BrCl2N2O4/c27-23-8-5-18(28)12-22(23)25(33)16-3-6-21(7-4-16)35-14-24(32)31-20-10-17(9-19(29)11-20)26(34)30-13-15-1-2-15/h3-12,15H,1-2,13-14H2,(H,30,34)(H,31,32). The number of nitrogens with one attached hydrogen (secondary N) is 2. The Morgan fingerprint density at radius 1 is 0.914 bits per heavy atom. The van der Waals surface area contributed by atoms with Crippen molar-refractivity contribution < 1.29 is 19.1 Å². The Hall–Kier alpha value is -2.87. The third kappa shape index (κ3) is 7.07. The summed E-state index contributed by atoms with van der Waals surface area (Å²) in [5.41, 5.74) is 1.68. The van der Waals surface area contributed by atoms with E-state index in [0.717, 1.165) is 12.8 Å². The average Bonchev–Trinajstić information content (AvgIpc) is 3.67. The summed E-state index contributed by atoms with van der Waals surface area (Å²) in [4.78, 5) is 37.5. The number of rotatable bonds is 9. The number of carbonyl (C=O) groups excluding carboxylic acids is 3. The van der Waals surface area contributed by atoms with E-state index in [1.54, 1.807) is 60.7 Å². The minimum absolute atomic E-state index is 0.193. The molecular weight excluding hydrogens is 555 g/mol. The fourth-order valence-corrected chi connectivity index (χ4v) is 4.16. The lowest BCUT2D eigenvalue weighted by atomic mass is 10.0. The van der Waals surface area contributed by atoms with E-state index in [9.17, 15) is 14.4 Å². The van der Waals surface area contributed by atoms with Gasteiger partial charge in [0.1, 0.15) is 5.75 Å². The molecule has 0 heterocycles. The second-order valence-electron chi connectivity index (χ2n) is 8.20. The molecule has 35 heavy (non-hydrogen) atoms. The van der Waals surface area contributed by atoms with Gasteiger partial charge < -0.3 is 15.4 Å². The van der Waals surface area contributed by atoms with Gasteiger partial charge in [-0.15, -0.1) is 0 Å². The van der Waals surface area contributed by atoms with Crippen molar-refractivity contribution in [3.63, 3.8) is 0 Å². The van der Waals surface area contributed by atoms with Gasteiger partial charge in [-0.05, 0) is 79.4 Å². The normalized spacial score (nSPS) is 12.7. The Bertz CT molecular complexity index is 1280. The van der Waals surface area contributed by atoms with E-state index in [1.807, 2.05) is 0 Å². The molecule has 9 heteroatoms. The van der Waals surface area contributed by atoms with Gasteiger partial charge in [0.25, 0.3) is 11.8 Å². The molecule has 0 atom stereocenters. The predicted molar refractivity (Wildman–Crippen MR) is 140 cm³/mol. The van der Waals surface area contributed by atoms with Crippen molar-refractivity contribution in [2.24, 2.45) is 5.92 Å². The quantitative estimate of drug-likeness (QED) is 0.300. The fraction of sp³-hybridized carbons (Fsp3) is 0.192. The lowest BCUT2D eigenvalue weighted by molar-refractivity contribution is -0.118. The summed E-state index contributed by atoms with van der Waals surface area (Å²) >= 11 is 15.5. The molecule has 0 bridgehead atoms. The average molecular weight is 576 g/mol. The highest BCUT2D eigenvalue weighted by molar-refractivity contribution is 9.10.